The lowest BCUT2D eigenvalue weighted by Crippen LogP contribution is -2.22. The van der Waals surface area contributed by atoms with Crippen molar-refractivity contribution in [2.24, 2.45) is 5.11 Å². The molecule has 2 unspecified atom stereocenters. The van der Waals surface area contributed by atoms with Gasteiger partial charge in [0.15, 0.2) is 0 Å². The molecule has 6 heteroatoms. The number of hydrogen-bond donors (Lipinski definition) is 2. The number of hydrogen-bond acceptors (Lipinski definition) is 3. The van der Waals surface area contributed by atoms with E-state index in [0.29, 0.717) is 5.56 Å². The van der Waals surface area contributed by atoms with Crippen LogP contribution in [-0.2, 0) is 0 Å². The van der Waals surface area contributed by atoms with Gasteiger partial charge in [0, 0.05) is 10.5 Å². The van der Waals surface area contributed by atoms with E-state index in [-0.39, 0.29) is 12.1 Å². The predicted octanol–water partition coefficient (Wildman–Crippen LogP) is 1.84. The number of aliphatic hydroxyl groups excluding tert-OH is 2. The SMILES string of the molecule is Cc1cccc(C(O)C(O)CN=[N+]=[N-])c1F. The first-order valence-electron chi connectivity index (χ1n) is 4.70. The normalized spacial score (nSPS) is 14.0. The summed E-state index contributed by atoms with van der Waals surface area (Å²) >= 11 is 0. The Kier molecular flexibility index (Phi) is 4.25. The van der Waals surface area contributed by atoms with Gasteiger partial charge in [-0.15, -0.1) is 0 Å². The van der Waals surface area contributed by atoms with Gasteiger partial charge in [-0.2, -0.15) is 0 Å². The van der Waals surface area contributed by atoms with Crippen molar-refractivity contribution in [3.05, 3.63) is 45.6 Å². The summed E-state index contributed by atoms with van der Waals surface area (Å²) < 4.78 is 13.6. The maximum absolute atomic E-state index is 13.6. The van der Waals surface area contributed by atoms with E-state index in [1.807, 2.05) is 0 Å². The molecule has 1 aromatic carbocycles. The zero-order valence-corrected chi connectivity index (χ0v) is 8.71. The van der Waals surface area contributed by atoms with Crippen LogP contribution in [0.3, 0.4) is 0 Å². The maximum atomic E-state index is 13.6. The molecule has 1 rings (SSSR count). The number of aliphatic hydroxyl groups is 2. The van der Waals surface area contributed by atoms with Crippen LogP contribution in [0.4, 0.5) is 4.39 Å². The fourth-order valence-corrected chi connectivity index (χ4v) is 1.33. The summed E-state index contributed by atoms with van der Waals surface area (Å²) in [4.78, 5) is 2.45. The fourth-order valence-electron chi connectivity index (χ4n) is 1.33. The van der Waals surface area contributed by atoms with E-state index in [0.717, 1.165) is 0 Å². The van der Waals surface area contributed by atoms with Gasteiger partial charge in [-0.3, -0.25) is 0 Å². The maximum Gasteiger partial charge on any atom is 0.132 e. The average Bonchev–Trinajstić information content (AvgIpc) is 2.28. The van der Waals surface area contributed by atoms with Crippen LogP contribution in [0.5, 0.6) is 0 Å². The Balaban J connectivity index is 2.91. The van der Waals surface area contributed by atoms with Crippen molar-refractivity contribution in [3.63, 3.8) is 0 Å². The average molecular weight is 225 g/mol. The zero-order chi connectivity index (χ0) is 12.1. The highest BCUT2D eigenvalue weighted by molar-refractivity contribution is 5.27. The first-order valence-corrected chi connectivity index (χ1v) is 4.70. The van der Waals surface area contributed by atoms with E-state index in [1.165, 1.54) is 6.07 Å². The molecule has 0 aliphatic heterocycles. The van der Waals surface area contributed by atoms with E-state index in [2.05, 4.69) is 10.0 Å². The van der Waals surface area contributed by atoms with Crippen LogP contribution in [0, 0.1) is 12.7 Å². The van der Waals surface area contributed by atoms with Crippen molar-refractivity contribution in [1.82, 2.24) is 0 Å². The third kappa shape index (κ3) is 2.70. The van der Waals surface area contributed by atoms with E-state index in [1.54, 1.807) is 19.1 Å². The van der Waals surface area contributed by atoms with Gasteiger partial charge in [-0.25, -0.2) is 4.39 Å². The van der Waals surface area contributed by atoms with Crippen LogP contribution < -0.4 is 0 Å². The molecule has 0 radical (unpaired) electrons. The summed E-state index contributed by atoms with van der Waals surface area (Å²) in [6.45, 7) is 1.26. The van der Waals surface area contributed by atoms with Gasteiger partial charge in [0.2, 0.25) is 0 Å². The smallest absolute Gasteiger partial charge is 0.132 e. The Labute approximate surface area is 91.8 Å². The van der Waals surface area contributed by atoms with Crippen LogP contribution in [0.15, 0.2) is 23.3 Å². The predicted molar refractivity (Wildman–Crippen MR) is 56.1 cm³/mol. The summed E-state index contributed by atoms with van der Waals surface area (Å²) in [6, 6.07) is 4.52. The molecule has 2 atom stereocenters. The molecule has 0 spiro atoms. The largest absolute Gasteiger partial charge is 0.390 e. The van der Waals surface area contributed by atoms with E-state index < -0.39 is 18.0 Å². The Bertz CT molecular complexity index is 419. The van der Waals surface area contributed by atoms with Gasteiger partial charge in [0.1, 0.15) is 11.9 Å². The molecule has 0 fully saturated rings. The molecule has 5 nitrogen and oxygen atoms in total. The molecule has 0 aliphatic carbocycles. The molecule has 0 saturated carbocycles. The second-order valence-corrected chi connectivity index (χ2v) is 3.40. The molecule has 0 bridgehead atoms. The summed E-state index contributed by atoms with van der Waals surface area (Å²) in [5, 5.41) is 22.2. The highest BCUT2D eigenvalue weighted by atomic mass is 19.1. The molecule has 0 saturated heterocycles. The summed E-state index contributed by atoms with van der Waals surface area (Å²) in [5.74, 6) is -0.560. The molecule has 86 valence electrons. The highest BCUT2D eigenvalue weighted by Crippen LogP contribution is 2.22. The van der Waals surface area contributed by atoms with Crippen molar-refractivity contribution in [1.29, 1.82) is 0 Å². The molecule has 0 aliphatic rings. The lowest BCUT2D eigenvalue weighted by molar-refractivity contribution is 0.0222. The Morgan fingerprint density at radius 2 is 2.19 bits per heavy atom. The third-order valence-electron chi connectivity index (χ3n) is 2.24. The Hall–Kier alpha value is -1.62. The second kappa shape index (κ2) is 5.46. The van der Waals surface area contributed by atoms with Gasteiger partial charge in [-0.05, 0) is 18.0 Å². The minimum atomic E-state index is -1.40. The number of nitrogens with zero attached hydrogens (tertiary/aromatic N) is 3. The lowest BCUT2D eigenvalue weighted by atomic mass is 10.0. The minimum absolute atomic E-state index is 0.000592. The topological polar surface area (TPSA) is 89.2 Å². The number of azide groups is 1. The van der Waals surface area contributed by atoms with E-state index >= 15 is 0 Å². The zero-order valence-electron chi connectivity index (χ0n) is 8.71. The first kappa shape index (κ1) is 12.4. The van der Waals surface area contributed by atoms with Gasteiger partial charge in [0.05, 0.1) is 12.6 Å². The molecular weight excluding hydrogens is 213 g/mol. The standard InChI is InChI=1S/C10H12FN3O2/c1-6-3-2-4-7(9(6)11)10(16)8(15)5-13-14-12/h2-4,8,10,15-16H,5H2,1H3. The van der Waals surface area contributed by atoms with Crippen molar-refractivity contribution >= 4 is 0 Å². The number of rotatable bonds is 4. The molecule has 0 heterocycles. The third-order valence-corrected chi connectivity index (χ3v) is 2.24. The molecule has 0 aromatic heterocycles. The molecule has 2 N–H and O–H groups in total. The monoisotopic (exact) mass is 225 g/mol. The lowest BCUT2D eigenvalue weighted by Gasteiger charge is -2.17. The molecular formula is C10H12FN3O2. The van der Waals surface area contributed by atoms with Crippen LogP contribution in [0.1, 0.15) is 17.2 Å². The molecule has 1 aromatic rings. The van der Waals surface area contributed by atoms with Crippen LogP contribution >= 0.6 is 0 Å². The van der Waals surface area contributed by atoms with E-state index in [4.69, 9.17) is 5.53 Å². The highest BCUT2D eigenvalue weighted by Gasteiger charge is 2.21. The second-order valence-electron chi connectivity index (χ2n) is 3.40. The van der Waals surface area contributed by atoms with Crippen molar-refractivity contribution in [2.45, 2.75) is 19.1 Å². The van der Waals surface area contributed by atoms with Gasteiger partial charge in [0.25, 0.3) is 0 Å². The van der Waals surface area contributed by atoms with Gasteiger partial charge >= 0.3 is 0 Å². The number of aryl methyl sites for hydroxylation is 1. The van der Waals surface area contributed by atoms with Crippen molar-refractivity contribution < 1.29 is 14.6 Å². The van der Waals surface area contributed by atoms with Gasteiger partial charge < -0.3 is 10.2 Å². The molecule has 16 heavy (non-hydrogen) atoms. The quantitative estimate of drug-likeness (QED) is 0.465. The van der Waals surface area contributed by atoms with Crippen molar-refractivity contribution in [2.75, 3.05) is 6.54 Å². The summed E-state index contributed by atoms with van der Waals surface area (Å²) in [6.07, 6.45) is -2.71. The minimum Gasteiger partial charge on any atom is -0.390 e. The van der Waals surface area contributed by atoms with Crippen LogP contribution in [-0.4, -0.2) is 22.9 Å². The number of benzene rings is 1. The Morgan fingerprint density at radius 3 is 2.81 bits per heavy atom. The van der Waals surface area contributed by atoms with E-state index in [9.17, 15) is 14.6 Å². The van der Waals surface area contributed by atoms with Crippen molar-refractivity contribution in [3.8, 4) is 0 Å². The summed E-state index contributed by atoms with van der Waals surface area (Å²) in [5.41, 5.74) is 8.44. The first-order chi connectivity index (χ1) is 7.57. The van der Waals surface area contributed by atoms with Crippen LogP contribution in [0.2, 0.25) is 0 Å². The number of halogens is 1. The Morgan fingerprint density at radius 1 is 1.50 bits per heavy atom. The van der Waals surface area contributed by atoms with Gasteiger partial charge in [-0.1, -0.05) is 23.3 Å². The fraction of sp³-hybridized carbons (Fsp3) is 0.400. The van der Waals surface area contributed by atoms with Crippen LogP contribution in [0.25, 0.3) is 10.4 Å². The molecule has 0 amide bonds. The summed E-state index contributed by atoms with van der Waals surface area (Å²) in [7, 11) is 0.